The third-order valence-electron chi connectivity index (χ3n) is 2.59. The van der Waals surface area contributed by atoms with E-state index in [1.807, 2.05) is 22.6 Å². The number of rotatable bonds is 3. The normalized spacial score (nSPS) is 13.4. The summed E-state index contributed by atoms with van der Waals surface area (Å²) < 4.78 is 0.618. The number of amides is 1. The van der Waals surface area contributed by atoms with Gasteiger partial charge in [0.05, 0.1) is 0 Å². The summed E-state index contributed by atoms with van der Waals surface area (Å²) >= 11 is 1.93. The van der Waals surface area contributed by atoms with Crippen LogP contribution < -0.4 is 5.32 Å². The lowest BCUT2D eigenvalue weighted by Gasteiger charge is -2.02. The average molecular weight is 373 g/mol. The maximum Gasteiger partial charge on any atom is 0.322 e. The lowest BCUT2D eigenvalue weighted by molar-refractivity contribution is -0.137. The van der Waals surface area contributed by atoms with E-state index in [2.05, 4.69) is 5.32 Å². The summed E-state index contributed by atoms with van der Waals surface area (Å²) in [6.45, 7) is -0.615. The average Bonchev–Trinajstić information content (AvgIpc) is 2.60. The minimum Gasteiger partial charge on any atom is -0.506 e. The lowest BCUT2D eigenvalue weighted by atomic mass is 10.1. The number of benzene rings is 1. The highest BCUT2D eigenvalue weighted by molar-refractivity contribution is 14.1. The number of Topliss-reactive ketones (excluding diaryl/α,β-unsaturated/α-hetero) is 1. The van der Waals surface area contributed by atoms with E-state index in [-0.39, 0.29) is 11.1 Å². The fourth-order valence-corrected chi connectivity index (χ4v) is 2.52. The summed E-state index contributed by atoms with van der Waals surface area (Å²) in [5.74, 6) is -3.13. The Morgan fingerprint density at radius 3 is 2.58 bits per heavy atom. The number of ketones is 1. The number of aliphatic carboxylic acids is 1. The zero-order chi connectivity index (χ0) is 14.2. The van der Waals surface area contributed by atoms with Crippen molar-refractivity contribution in [3.63, 3.8) is 0 Å². The summed E-state index contributed by atoms with van der Waals surface area (Å²) in [6.07, 6.45) is 0. The minimum atomic E-state index is -1.23. The Balaban J connectivity index is 2.37. The molecular weight excluding hydrogens is 365 g/mol. The van der Waals surface area contributed by atoms with Crippen LogP contribution in [-0.2, 0) is 9.59 Å². The van der Waals surface area contributed by atoms with Gasteiger partial charge < -0.3 is 15.5 Å². The van der Waals surface area contributed by atoms with Crippen LogP contribution in [0, 0.1) is 3.57 Å². The van der Waals surface area contributed by atoms with Crippen LogP contribution in [0.25, 0.3) is 5.76 Å². The Hall–Kier alpha value is -1.90. The molecule has 1 amide bonds. The van der Waals surface area contributed by atoms with E-state index in [1.54, 1.807) is 12.1 Å². The van der Waals surface area contributed by atoms with E-state index < -0.39 is 35.5 Å². The van der Waals surface area contributed by atoms with Crippen molar-refractivity contribution >= 4 is 46.0 Å². The second-order valence-corrected chi connectivity index (χ2v) is 4.95. The van der Waals surface area contributed by atoms with E-state index in [0.29, 0.717) is 3.57 Å². The van der Waals surface area contributed by atoms with Gasteiger partial charge >= 0.3 is 5.97 Å². The number of carboxylic acid groups (broad SMARTS) is 1. The van der Waals surface area contributed by atoms with Crippen molar-refractivity contribution in [3.05, 3.63) is 38.5 Å². The molecule has 1 aromatic rings. The molecule has 2 rings (SSSR count). The van der Waals surface area contributed by atoms with Gasteiger partial charge in [-0.25, -0.2) is 0 Å². The molecule has 0 bridgehead atoms. The van der Waals surface area contributed by atoms with Gasteiger partial charge in [-0.3, -0.25) is 14.4 Å². The Bertz CT molecular complexity index is 635. The highest BCUT2D eigenvalue weighted by atomic mass is 127. The number of carbonyl (C=O) groups is 3. The van der Waals surface area contributed by atoms with Crippen LogP contribution in [0.15, 0.2) is 23.8 Å². The number of nitrogens with one attached hydrogen (secondary N) is 1. The molecule has 0 unspecified atom stereocenters. The fourth-order valence-electron chi connectivity index (χ4n) is 1.77. The number of hydrogen-bond donors (Lipinski definition) is 3. The molecule has 7 heteroatoms. The van der Waals surface area contributed by atoms with Crippen molar-refractivity contribution in [2.45, 2.75) is 0 Å². The second-order valence-electron chi connectivity index (χ2n) is 3.79. The molecule has 0 saturated heterocycles. The first-order valence-corrected chi connectivity index (χ1v) is 6.28. The van der Waals surface area contributed by atoms with E-state index in [0.717, 1.165) is 0 Å². The first-order chi connectivity index (χ1) is 8.93. The van der Waals surface area contributed by atoms with E-state index >= 15 is 0 Å². The molecule has 0 radical (unpaired) electrons. The molecule has 0 saturated carbocycles. The van der Waals surface area contributed by atoms with Gasteiger partial charge in [0.2, 0.25) is 5.78 Å². The Morgan fingerprint density at radius 2 is 2.00 bits per heavy atom. The molecule has 0 aliphatic heterocycles. The first-order valence-electron chi connectivity index (χ1n) is 5.20. The van der Waals surface area contributed by atoms with Crippen LogP contribution in [0.1, 0.15) is 15.9 Å². The Kier molecular flexibility index (Phi) is 3.56. The highest BCUT2D eigenvalue weighted by Gasteiger charge is 2.35. The summed E-state index contributed by atoms with van der Waals surface area (Å²) in [6, 6.07) is 4.87. The number of aliphatic hydroxyl groups excluding tert-OH is 1. The zero-order valence-electron chi connectivity index (χ0n) is 9.44. The third-order valence-corrected chi connectivity index (χ3v) is 3.49. The van der Waals surface area contributed by atoms with Crippen LogP contribution >= 0.6 is 22.6 Å². The molecule has 98 valence electrons. The number of halogens is 1. The lowest BCUT2D eigenvalue weighted by Crippen LogP contribution is -2.32. The molecule has 1 aromatic carbocycles. The molecule has 0 fully saturated rings. The Morgan fingerprint density at radius 1 is 1.32 bits per heavy atom. The monoisotopic (exact) mass is 373 g/mol. The first kappa shape index (κ1) is 13.5. The predicted octanol–water partition coefficient (Wildman–Crippen LogP) is 0.957. The summed E-state index contributed by atoms with van der Waals surface area (Å²) in [5, 5.41) is 20.5. The predicted molar refractivity (Wildman–Crippen MR) is 73.7 cm³/mol. The number of fused-ring (bicyclic) bond motifs is 1. The molecular formula is C12H8INO5. The van der Waals surface area contributed by atoms with Crippen molar-refractivity contribution < 1.29 is 24.6 Å². The standard InChI is InChI=1S/C12H8INO5/c13-6-3-1-2-5-8(6)11(18)9(10(5)17)12(19)14-4-7(15)16/h1-3,17H,4H2,(H,14,19)(H,15,16). The fraction of sp³-hybridized carbons (Fsp3) is 0.0833. The second kappa shape index (κ2) is 5.00. The molecule has 1 aliphatic carbocycles. The Labute approximate surface area is 121 Å². The van der Waals surface area contributed by atoms with Crippen molar-refractivity contribution in [1.82, 2.24) is 5.32 Å². The maximum atomic E-state index is 12.1. The quantitative estimate of drug-likeness (QED) is 0.541. The SMILES string of the molecule is O=C(O)CNC(=O)C1=C(O)c2cccc(I)c2C1=O. The van der Waals surface area contributed by atoms with E-state index in [1.165, 1.54) is 6.07 Å². The highest BCUT2D eigenvalue weighted by Crippen LogP contribution is 2.33. The third kappa shape index (κ3) is 2.33. The molecule has 0 atom stereocenters. The molecule has 0 heterocycles. The van der Waals surface area contributed by atoms with Gasteiger partial charge in [-0.05, 0) is 28.7 Å². The number of hydrogen-bond acceptors (Lipinski definition) is 4. The van der Waals surface area contributed by atoms with Crippen LogP contribution in [0.4, 0.5) is 0 Å². The van der Waals surface area contributed by atoms with Crippen LogP contribution in [0.2, 0.25) is 0 Å². The summed E-state index contributed by atoms with van der Waals surface area (Å²) in [5.41, 5.74) is 0.138. The van der Waals surface area contributed by atoms with Gasteiger partial charge in [-0.15, -0.1) is 0 Å². The van der Waals surface area contributed by atoms with Gasteiger partial charge in [0.15, 0.2) is 0 Å². The van der Waals surface area contributed by atoms with Crippen molar-refractivity contribution in [2.24, 2.45) is 0 Å². The summed E-state index contributed by atoms with van der Waals surface area (Å²) in [7, 11) is 0. The number of carboxylic acids is 1. The topological polar surface area (TPSA) is 104 Å². The smallest absolute Gasteiger partial charge is 0.322 e. The molecule has 0 spiro atoms. The minimum absolute atomic E-state index is 0.265. The van der Waals surface area contributed by atoms with E-state index in [9.17, 15) is 19.5 Å². The van der Waals surface area contributed by atoms with Crippen LogP contribution in [0.5, 0.6) is 0 Å². The molecule has 3 N–H and O–H groups in total. The molecule has 19 heavy (non-hydrogen) atoms. The maximum absolute atomic E-state index is 12.1. The van der Waals surface area contributed by atoms with Gasteiger partial charge in [0.1, 0.15) is 17.9 Å². The van der Waals surface area contributed by atoms with Crippen molar-refractivity contribution in [3.8, 4) is 0 Å². The van der Waals surface area contributed by atoms with Crippen LogP contribution in [0.3, 0.4) is 0 Å². The molecule has 0 aromatic heterocycles. The number of aliphatic hydroxyl groups is 1. The van der Waals surface area contributed by atoms with Crippen molar-refractivity contribution in [2.75, 3.05) is 6.54 Å². The van der Waals surface area contributed by atoms with Gasteiger partial charge in [0, 0.05) is 14.7 Å². The van der Waals surface area contributed by atoms with Gasteiger partial charge in [0.25, 0.3) is 5.91 Å². The van der Waals surface area contributed by atoms with Gasteiger partial charge in [-0.1, -0.05) is 12.1 Å². The van der Waals surface area contributed by atoms with Crippen LogP contribution in [-0.4, -0.2) is 34.4 Å². The molecule has 6 nitrogen and oxygen atoms in total. The zero-order valence-corrected chi connectivity index (χ0v) is 11.6. The largest absolute Gasteiger partial charge is 0.506 e. The van der Waals surface area contributed by atoms with Crippen molar-refractivity contribution in [1.29, 1.82) is 0 Å². The van der Waals surface area contributed by atoms with E-state index in [4.69, 9.17) is 5.11 Å². The van der Waals surface area contributed by atoms with Gasteiger partial charge in [-0.2, -0.15) is 0 Å². The molecule has 1 aliphatic rings. The number of carbonyl (C=O) groups excluding carboxylic acids is 2. The summed E-state index contributed by atoms with van der Waals surface area (Å²) in [4.78, 5) is 34.2.